The van der Waals surface area contributed by atoms with Crippen molar-refractivity contribution >= 4 is 103 Å². The first-order valence-corrected chi connectivity index (χ1v) is 42.7. The lowest BCUT2D eigenvalue weighted by atomic mass is 10.1. The van der Waals surface area contributed by atoms with Gasteiger partial charge in [-0.05, 0) is 178 Å². The zero-order chi connectivity index (χ0) is 93.7. The van der Waals surface area contributed by atoms with E-state index in [1.807, 2.05) is 109 Å². The highest BCUT2D eigenvalue weighted by Crippen LogP contribution is 2.25. The van der Waals surface area contributed by atoms with E-state index in [1.54, 1.807) is 108 Å². The summed E-state index contributed by atoms with van der Waals surface area (Å²) in [4.78, 5) is 73.6. The average Bonchev–Trinajstić information content (AvgIpc) is 0.832. The second-order valence-electron chi connectivity index (χ2n) is 25.6. The van der Waals surface area contributed by atoms with Gasteiger partial charge in [0.15, 0.2) is 0 Å². The number of amides is 2. The molecule has 12 aromatic carbocycles. The Morgan fingerprint density at radius 1 is 0.323 bits per heavy atom. The van der Waals surface area contributed by atoms with Crippen LogP contribution in [-0.4, -0.2) is 105 Å². The van der Waals surface area contributed by atoms with E-state index >= 15 is 0 Å². The largest absolute Gasteiger partial charge is 0.497 e. The summed E-state index contributed by atoms with van der Waals surface area (Å²) >= 11 is 5.12. The molecule has 40 heteroatoms. The predicted molar refractivity (Wildman–Crippen MR) is 481 cm³/mol. The minimum atomic E-state index is -3.89. The summed E-state index contributed by atoms with van der Waals surface area (Å²) in [6.07, 6.45) is 0. The fourth-order valence-corrected chi connectivity index (χ4v) is 13.2. The normalized spacial score (nSPS) is 10.3. The molecule has 0 aromatic heterocycles. The number of non-ortho nitro benzene ring substituents is 4. The highest BCUT2D eigenvalue weighted by molar-refractivity contribution is 8.13. The molecule has 0 bridgehead atoms. The number of anilines is 2. The Kier molecular flexibility index (Phi) is 42.9. The van der Waals surface area contributed by atoms with E-state index in [2.05, 4.69) is 20.1 Å². The fourth-order valence-electron chi connectivity index (χ4n) is 10.2. The molecule has 0 saturated heterocycles. The number of nitro groups is 4. The van der Waals surface area contributed by atoms with Crippen LogP contribution in [-0.2, 0) is 68.4 Å². The van der Waals surface area contributed by atoms with Crippen molar-refractivity contribution < 1.29 is 87.8 Å². The Hall–Kier alpha value is -14.5. The summed E-state index contributed by atoms with van der Waals surface area (Å²) in [7, 11) is 3.26. The van der Waals surface area contributed by atoms with Gasteiger partial charge in [0.2, 0.25) is 20.0 Å². The van der Waals surface area contributed by atoms with Crippen molar-refractivity contribution in [2.75, 3.05) is 54.1 Å². The van der Waals surface area contributed by atoms with Crippen LogP contribution in [0, 0.1) is 40.5 Å². The van der Waals surface area contributed by atoms with Crippen molar-refractivity contribution in [3.05, 3.63) is 382 Å². The van der Waals surface area contributed by atoms with E-state index in [9.17, 15) is 80.1 Å². The van der Waals surface area contributed by atoms with Gasteiger partial charge in [0.1, 0.15) is 34.5 Å². The van der Waals surface area contributed by atoms with Crippen LogP contribution in [0.4, 0.5) is 34.1 Å². The Labute approximate surface area is 741 Å². The van der Waals surface area contributed by atoms with Gasteiger partial charge in [0.05, 0.1) is 77.0 Å². The summed E-state index contributed by atoms with van der Waals surface area (Å²) in [5.74, 6) is 4.01. The maximum atomic E-state index is 12.2. The average molecular weight is 1840 g/mol. The summed E-state index contributed by atoms with van der Waals surface area (Å²) in [5, 5.41) is 46.7. The molecule has 2 amide bonds. The molecule has 0 heterocycles. The molecular weight excluding hydrogens is 1750 g/mol. The molecule has 127 heavy (non-hydrogen) atoms. The summed E-state index contributed by atoms with van der Waals surface area (Å²) in [6, 6.07) is 77.9. The molecule has 12 rings (SSSR count). The lowest BCUT2D eigenvalue weighted by Gasteiger charge is -2.08. The summed E-state index contributed by atoms with van der Waals surface area (Å²) < 4.78 is 105. The van der Waals surface area contributed by atoms with Gasteiger partial charge >= 0.3 is 0 Å². The molecule has 0 aliphatic carbocycles. The number of carbonyl (C=O) groups excluding carboxylic acids is 3. The number of nitro benzene ring substituents is 4. The Balaban J connectivity index is 0.000000261. The van der Waals surface area contributed by atoms with Gasteiger partial charge in [-0.1, -0.05) is 109 Å². The zero-order valence-electron chi connectivity index (χ0n) is 68.9. The van der Waals surface area contributed by atoms with Gasteiger partial charge in [-0.25, -0.2) is 34.7 Å². The lowest BCUT2D eigenvalue weighted by Crippen LogP contribution is -2.23. The number of hydrogen-bond acceptors (Lipinski definition) is 27. The summed E-state index contributed by atoms with van der Waals surface area (Å²) in [5.41, 5.74) is 28.8. The van der Waals surface area contributed by atoms with E-state index in [1.165, 1.54) is 98.1 Å². The minimum Gasteiger partial charge on any atom is -0.497 e. The predicted octanol–water partition coefficient (Wildman–Crippen LogP) is 14.4. The molecule has 0 saturated carbocycles. The maximum Gasteiger partial charge on any atom is 0.270 e. The Morgan fingerprint density at radius 3 is 0.890 bits per heavy atom. The molecule has 668 valence electrons. The van der Waals surface area contributed by atoms with E-state index in [4.69, 9.17) is 73.6 Å². The van der Waals surface area contributed by atoms with E-state index in [-0.39, 0.29) is 73.5 Å². The molecular formula is C87H90Cl2N12O23S3. The van der Waals surface area contributed by atoms with Crippen molar-refractivity contribution in [1.29, 1.82) is 0 Å². The first-order chi connectivity index (χ1) is 60.5. The number of nitrogens with zero attached hydrogens (tertiary/aromatic N) is 4. The Bertz CT molecular complexity index is 5950. The van der Waals surface area contributed by atoms with Crippen LogP contribution in [0.2, 0.25) is 0 Å². The van der Waals surface area contributed by atoms with Gasteiger partial charge in [-0.15, -0.1) is 0 Å². The van der Waals surface area contributed by atoms with Gasteiger partial charge in [0, 0.05) is 127 Å². The SMILES string of the molecule is COc1cccc(CN)c1.COc1cccc(CN)c1.COc1cccc(CNC(=O)c2cccc(N)c2)c1.COc1cccc(CNC(=O)c2cccc([N+](=O)[O-])c2)c1.COc1cccc(CNS(=O)(=O)c2cccc(N)c2)c1.COc1cccc(CNS(=O)(=O)c2cccc([N+](=O)[O-])c2)c1.O=C(Cl)c1cccc([N+](=O)[O-])c1.O=[N+]([O-])c1cccc(S(=O)(=O)Cl)c1. The van der Waals surface area contributed by atoms with Crippen LogP contribution >= 0.6 is 22.3 Å². The number of methoxy groups -OCH3 is 6. The smallest absolute Gasteiger partial charge is 0.270 e. The number of carbonyl (C=O) groups is 3. The molecule has 0 unspecified atom stereocenters. The van der Waals surface area contributed by atoms with Crippen molar-refractivity contribution in [2.45, 2.75) is 54.0 Å². The molecule has 0 atom stereocenters. The highest BCUT2D eigenvalue weighted by atomic mass is 35.7. The van der Waals surface area contributed by atoms with Gasteiger partial charge in [-0.3, -0.25) is 54.8 Å². The first-order valence-electron chi connectivity index (χ1n) is 37.0. The number of sulfonamides is 2. The molecule has 0 spiro atoms. The second kappa shape index (κ2) is 52.9. The standard InChI is InChI=1S/C15H14N2O4.C15H16N2O2.C14H14N2O5S.C14H16N2O3S.2C8H11NO.C7H4ClNO3.C6H4ClNO4S/c1-21-14-7-2-4-11(8-14)10-16-15(18)12-5-3-6-13(9-12)17(19)20;1-19-14-7-2-4-11(8-14)10-17-15(18)12-5-3-6-13(16)9-12;1-21-13-6-2-4-11(8-13)10-15-22(19,20)14-7-3-5-12(9-14)16(17)18;1-19-13-6-2-4-11(8-13)10-16-20(17,18)14-7-3-5-12(15)9-14;2*1-10-8-4-2-3-7(5-8)6-9;8-7(10)5-2-1-3-6(4-5)9(11)12;7-13(11,12)6-3-1-2-5(4-6)8(9)10/h2-9H,10H2,1H3,(H,16,18);2-9H,10,16H2,1H3,(H,17,18);2-9,15H,10H2,1H3;2-9,16H,10,15H2,1H3;2*2-5H,6,9H2,1H3;1-4H;1-4H. The fraction of sp³-hybridized carbons (Fsp3) is 0.138. The monoisotopic (exact) mass is 1840 g/mol. The van der Waals surface area contributed by atoms with Crippen molar-refractivity contribution in [3.8, 4) is 34.5 Å². The van der Waals surface area contributed by atoms with E-state index in [0.717, 1.165) is 63.3 Å². The van der Waals surface area contributed by atoms with Crippen LogP contribution < -0.4 is 71.4 Å². The minimum absolute atomic E-state index is 0.0578. The van der Waals surface area contributed by atoms with Gasteiger partial charge in [-0.2, -0.15) is 0 Å². The zero-order valence-corrected chi connectivity index (χ0v) is 72.9. The quantitative estimate of drug-likeness (QED) is 0.00977. The molecule has 0 radical (unpaired) electrons. The number of hydrogen-bond donors (Lipinski definition) is 8. The van der Waals surface area contributed by atoms with E-state index < -0.39 is 54.0 Å². The van der Waals surface area contributed by atoms with Crippen molar-refractivity contribution in [3.63, 3.8) is 0 Å². The molecule has 0 aliphatic rings. The third kappa shape index (κ3) is 37.2. The van der Waals surface area contributed by atoms with Crippen LogP contribution in [0.15, 0.2) is 306 Å². The number of ether oxygens (including phenoxy) is 6. The maximum absolute atomic E-state index is 12.2. The topological polar surface area (TPSA) is 534 Å². The first kappa shape index (κ1) is 103. The second-order valence-corrected chi connectivity index (χ2v) is 32.0. The number of halogens is 2. The van der Waals surface area contributed by atoms with Crippen LogP contribution in [0.25, 0.3) is 0 Å². The third-order valence-electron chi connectivity index (χ3n) is 16.7. The van der Waals surface area contributed by atoms with Crippen LogP contribution in [0.5, 0.6) is 34.5 Å². The number of benzene rings is 12. The van der Waals surface area contributed by atoms with Crippen molar-refractivity contribution in [2.24, 2.45) is 11.5 Å². The summed E-state index contributed by atoms with van der Waals surface area (Å²) in [6.45, 7) is 2.15. The molecule has 0 fully saturated rings. The Morgan fingerprint density at radius 2 is 0.575 bits per heavy atom. The van der Waals surface area contributed by atoms with Crippen molar-refractivity contribution in [1.82, 2.24) is 20.1 Å². The number of nitrogen functional groups attached to an aromatic ring is 2. The van der Waals surface area contributed by atoms with Gasteiger partial charge in [0.25, 0.3) is 48.9 Å². The third-order valence-corrected chi connectivity index (χ3v) is 21.1. The lowest BCUT2D eigenvalue weighted by molar-refractivity contribution is -0.385. The van der Waals surface area contributed by atoms with Gasteiger partial charge < -0.3 is 62.0 Å². The number of nitrogens with one attached hydrogen (secondary N) is 4. The number of rotatable bonds is 28. The number of nitrogens with two attached hydrogens (primary N) is 4. The molecule has 12 N–H and O–H groups in total. The van der Waals surface area contributed by atoms with Crippen LogP contribution in [0.1, 0.15) is 64.5 Å². The highest BCUT2D eigenvalue weighted by Gasteiger charge is 2.20. The molecule has 12 aromatic rings. The molecule has 35 nitrogen and oxygen atoms in total. The molecule has 0 aliphatic heterocycles. The van der Waals surface area contributed by atoms with E-state index in [0.29, 0.717) is 65.9 Å². The van der Waals surface area contributed by atoms with Crippen LogP contribution in [0.3, 0.4) is 0 Å².